The number of likely N-dealkylation sites (tertiary alicyclic amines) is 1. The number of carbonyl (C=O) groups is 1. The number of nitrogens with zero attached hydrogens (tertiary/aromatic N) is 6. The quantitative estimate of drug-likeness (QED) is 0.579. The van der Waals surface area contributed by atoms with Crippen molar-refractivity contribution in [3.05, 3.63) is 65.5 Å². The highest BCUT2D eigenvalue weighted by Gasteiger charge is 2.31. The van der Waals surface area contributed by atoms with Crippen LogP contribution in [-0.4, -0.2) is 57.0 Å². The molecule has 2 fully saturated rings. The van der Waals surface area contributed by atoms with Gasteiger partial charge in [-0.3, -0.25) is 4.79 Å². The van der Waals surface area contributed by atoms with Crippen LogP contribution in [0.4, 0.5) is 5.82 Å². The van der Waals surface area contributed by atoms with E-state index in [1.807, 2.05) is 36.7 Å². The molecule has 4 heterocycles. The van der Waals surface area contributed by atoms with E-state index < -0.39 is 0 Å². The molecule has 34 heavy (non-hydrogen) atoms. The summed E-state index contributed by atoms with van der Waals surface area (Å²) in [5.74, 6) is 2.77. The van der Waals surface area contributed by atoms with Gasteiger partial charge >= 0.3 is 0 Å². The lowest BCUT2D eigenvalue weighted by atomic mass is 9.88. The lowest BCUT2D eigenvalue weighted by Gasteiger charge is -2.37. The summed E-state index contributed by atoms with van der Waals surface area (Å²) in [4.78, 5) is 17.5. The van der Waals surface area contributed by atoms with E-state index in [2.05, 4.69) is 55.4 Å². The Kier molecular flexibility index (Phi) is 6.61. The lowest BCUT2D eigenvalue weighted by Crippen LogP contribution is -2.45. The summed E-state index contributed by atoms with van der Waals surface area (Å²) in [5, 5.41) is 13.3. The van der Waals surface area contributed by atoms with E-state index >= 15 is 0 Å². The molecule has 3 aromatic rings. The lowest BCUT2D eigenvalue weighted by molar-refractivity contribution is -0.137. The Labute approximate surface area is 201 Å². The molecule has 1 amide bonds. The van der Waals surface area contributed by atoms with Crippen LogP contribution >= 0.6 is 0 Å². The summed E-state index contributed by atoms with van der Waals surface area (Å²) < 4.78 is 1.82. The molecule has 1 aromatic carbocycles. The Morgan fingerprint density at radius 2 is 1.56 bits per heavy atom. The first-order chi connectivity index (χ1) is 16.6. The standard InChI is InChI=1S/C27H34N6O/c1-20-18-21(2)33(30-20)26-9-8-25(28-29-26)31-16-12-24(13-17-31)27(34)32-14-10-23(11-15-32)19-22-6-4-3-5-7-22/h3-9,18,23-24H,10-17,19H2,1-2H3. The largest absolute Gasteiger partial charge is 0.355 e. The van der Waals surface area contributed by atoms with E-state index in [4.69, 9.17) is 0 Å². The number of hydrogen-bond donors (Lipinski definition) is 0. The molecule has 7 heteroatoms. The van der Waals surface area contributed by atoms with Gasteiger partial charge in [-0.1, -0.05) is 30.3 Å². The second-order valence-corrected chi connectivity index (χ2v) is 9.81. The van der Waals surface area contributed by atoms with Crippen molar-refractivity contribution in [1.82, 2.24) is 24.9 Å². The zero-order chi connectivity index (χ0) is 23.5. The van der Waals surface area contributed by atoms with Gasteiger partial charge in [-0.2, -0.15) is 5.10 Å². The van der Waals surface area contributed by atoms with Crippen molar-refractivity contribution >= 4 is 11.7 Å². The molecule has 5 rings (SSSR count). The van der Waals surface area contributed by atoms with Gasteiger partial charge in [-0.25, -0.2) is 4.68 Å². The SMILES string of the molecule is Cc1cc(C)n(-c2ccc(N3CCC(C(=O)N4CCC(Cc5ccccc5)CC4)CC3)nn2)n1. The first-order valence-corrected chi connectivity index (χ1v) is 12.5. The average molecular weight is 459 g/mol. The summed E-state index contributed by atoms with van der Waals surface area (Å²) in [7, 11) is 0. The molecule has 0 unspecified atom stereocenters. The van der Waals surface area contributed by atoms with E-state index in [1.54, 1.807) is 0 Å². The van der Waals surface area contributed by atoms with Crippen LogP contribution in [0.5, 0.6) is 0 Å². The van der Waals surface area contributed by atoms with Crippen LogP contribution < -0.4 is 4.90 Å². The molecular formula is C27H34N6O. The van der Waals surface area contributed by atoms with Crippen LogP contribution in [0.3, 0.4) is 0 Å². The fraction of sp³-hybridized carbons (Fsp3) is 0.481. The molecule has 0 atom stereocenters. The van der Waals surface area contributed by atoms with Crippen LogP contribution in [0.2, 0.25) is 0 Å². The van der Waals surface area contributed by atoms with Crippen molar-refractivity contribution in [3.8, 4) is 5.82 Å². The molecule has 0 N–H and O–H groups in total. The normalized spacial score (nSPS) is 17.8. The Morgan fingerprint density at radius 1 is 0.882 bits per heavy atom. The Bertz CT molecular complexity index is 1090. The third-order valence-corrected chi connectivity index (χ3v) is 7.32. The van der Waals surface area contributed by atoms with Crippen molar-refractivity contribution < 1.29 is 4.79 Å². The monoisotopic (exact) mass is 458 g/mol. The van der Waals surface area contributed by atoms with E-state index in [1.165, 1.54) is 5.56 Å². The molecule has 0 saturated carbocycles. The number of aryl methyl sites for hydroxylation is 2. The second-order valence-electron chi connectivity index (χ2n) is 9.81. The highest BCUT2D eigenvalue weighted by Crippen LogP contribution is 2.27. The topological polar surface area (TPSA) is 67.2 Å². The molecule has 0 spiro atoms. The first-order valence-electron chi connectivity index (χ1n) is 12.5. The van der Waals surface area contributed by atoms with Crippen LogP contribution in [-0.2, 0) is 11.2 Å². The second kappa shape index (κ2) is 9.95. The van der Waals surface area contributed by atoms with Crippen LogP contribution in [0.1, 0.15) is 42.6 Å². The van der Waals surface area contributed by atoms with Gasteiger partial charge in [0.2, 0.25) is 5.91 Å². The molecule has 0 radical (unpaired) electrons. The highest BCUT2D eigenvalue weighted by molar-refractivity contribution is 5.79. The Morgan fingerprint density at radius 3 is 2.18 bits per heavy atom. The minimum absolute atomic E-state index is 0.129. The van der Waals surface area contributed by atoms with Crippen molar-refractivity contribution in [1.29, 1.82) is 0 Å². The van der Waals surface area contributed by atoms with Gasteiger partial charge < -0.3 is 9.80 Å². The Hall–Kier alpha value is -3.22. The summed E-state index contributed by atoms with van der Waals surface area (Å²) in [5.41, 5.74) is 3.42. The van der Waals surface area contributed by atoms with Gasteiger partial charge in [0.05, 0.1) is 5.69 Å². The molecule has 7 nitrogen and oxygen atoms in total. The van der Waals surface area contributed by atoms with Gasteiger partial charge in [0.1, 0.15) is 0 Å². The maximum absolute atomic E-state index is 13.2. The molecule has 2 aliphatic rings. The van der Waals surface area contributed by atoms with E-state index in [9.17, 15) is 4.79 Å². The molecule has 2 saturated heterocycles. The first kappa shape index (κ1) is 22.6. The predicted molar refractivity (Wildman–Crippen MR) is 133 cm³/mol. The van der Waals surface area contributed by atoms with Crippen LogP contribution in [0, 0.1) is 25.7 Å². The fourth-order valence-electron chi connectivity index (χ4n) is 5.38. The van der Waals surface area contributed by atoms with E-state index in [0.29, 0.717) is 11.8 Å². The number of hydrogen-bond acceptors (Lipinski definition) is 5. The number of piperidine rings is 2. The third kappa shape index (κ3) is 4.98. The van der Waals surface area contributed by atoms with Gasteiger partial charge in [0.15, 0.2) is 11.6 Å². The number of rotatable bonds is 5. The summed E-state index contributed by atoms with van der Waals surface area (Å²) in [6, 6.07) is 16.7. The zero-order valence-electron chi connectivity index (χ0n) is 20.2. The average Bonchev–Trinajstić information content (AvgIpc) is 3.22. The smallest absolute Gasteiger partial charge is 0.225 e. The summed E-state index contributed by atoms with van der Waals surface area (Å²) in [6.07, 6.45) is 5.10. The zero-order valence-corrected chi connectivity index (χ0v) is 20.2. The summed E-state index contributed by atoms with van der Waals surface area (Å²) in [6.45, 7) is 7.47. The minimum atomic E-state index is 0.129. The fourth-order valence-corrected chi connectivity index (χ4v) is 5.38. The third-order valence-electron chi connectivity index (χ3n) is 7.32. The number of carbonyl (C=O) groups excluding carboxylic acids is 1. The molecule has 2 aliphatic heterocycles. The highest BCUT2D eigenvalue weighted by atomic mass is 16.2. The van der Waals surface area contributed by atoms with E-state index in [0.717, 1.165) is 81.3 Å². The molecule has 0 bridgehead atoms. The number of benzene rings is 1. The number of amides is 1. The molecular weight excluding hydrogens is 424 g/mol. The number of aromatic nitrogens is 4. The van der Waals surface area contributed by atoms with Crippen molar-refractivity contribution in [2.45, 2.75) is 46.0 Å². The number of anilines is 1. The maximum Gasteiger partial charge on any atom is 0.225 e. The molecule has 178 valence electrons. The molecule has 0 aliphatic carbocycles. The minimum Gasteiger partial charge on any atom is -0.355 e. The van der Waals surface area contributed by atoms with Gasteiger partial charge in [0, 0.05) is 37.8 Å². The maximum atomic E-state index is 13.2. The van der Waals surface area contributed by atoms with Gasteiger partial charge in [0.25, 0.3) is 0 Å². The predicted octanol–water partition coefficient (Wildman–Crippen LogP) is 3.98. The van der Waals surface area contributed by atoms with Gasteiger partial charge in [-0.05, 0) is 75.6 Å². The Balaban J connectivity index is 1.11. The van der Waals surface area contributed by atoms with E-state index in [-0.39, 0.29) is 5.92 Å². The van der Waals surface area contributed by atoms with Gasteiger partial charge in [-0.15, -0.1) is 10.2 Å². The van der Waals surface area contributed by atoms with Crippen LogP contribution in [0.25, 0.3) is 5.82 Å². The molecule has 2 aromatic heterocycles. The van der Waals surface area contributed by atoms with Crippen molar-refractivity contribution in [2.75, 3.05) is 31.1 Å². The van der Waals surface area contributed by atoms with Crippen LogP contribution in [0.15, 0.2) is 48.5 Å². The van der Waals surface area contributed by atoms with Crippen molar-refractivity contribution in [2.24, 2.45) is 11.8 Å². The van der Waals surface area contributed by atoms with Crippen molar-refractivity contribution in [3.63, 3.8) is 0 Å². The summed E-state index contributed by atoms with van der Waals surface area (Å²) >= 11 is 0.